The quantitative estimate of drug-likeness (QED) is 0.663. The van der Waals surface area contributed by atoms with Gasteiger partial charge in [0.2, 0.25) is 0 Å². The van der Waals surface area contributed by atoms with Gasteiger partial charge in [-0.2, -0.15) is 0 Å². The fourth-order valence-corrected chi connectivity index (χ4v) is 2.29. The number of hydrogen-bond acceptors (Lipinski definition) is 2. The molecule has 0 aliphatic heterocycles. The molecule has 18 heavy (non-hydrogen) atoms. The van der Waals surface area contributed by atoms with Crippen LogP contribution in [0.15, 0.2) is 54.9 Å². The van der Waals surface area contributed by atoms with Gasteiger partial charge in [0, 0.05) is 34.1 Å². The highest BCUT2D eigenvalue weighted by atomic mass is 35.5. The molecule has 0 aliphatic rings. The van der Waals surface area contributed by atoms with Crippen molar-refractivity contribution in [2.45, 2.75) is 0 Å². The number of nitrogen functional groups attached to an aromatic ring is 1. The van der Waals surface area contributed by atoms with Crippen LogP contribution in [-0.2, 0) is 0 Å². The molecule has 0 atom stereocenters. The van der Waals surface area contributed by atoms with Crippen LogP contribution in [0.4, 0.5) is 5.69 Å². The number of fused-ring (bicyclic) bond motifs is 1. The van der Waals surface area contributed by atoms with Gasteiger partial charge in [0.05, 0.1) is 0 Å². The molecule has 0 spiro atoms. The van der Waals surface area contributed by atoms with Crippen LogP contribution in [0.25, 0.3) is 21.9 Å². The maximum absolute atomic E-state index is 6.05. The second-order valence-corrected chi connectivity index (χ2v) is 4.57. The number of pyridine rings is 1. The number of halogens is 1. The lowest BCUT2D eigenvalue weighted by molar-refractivity contribution is 1.36. The first kappa shape index (κ1) is 11.1. The minimum absolute atomic E-state index is 0.685. The lowest BCUT2D eigenvalue weighted by atomic mass is 9.98. The van der Waals surface area contributed by atoms with Gasteiger partial charge in [0.1, 0.15) is 0 Å². The van der Waals surface area contributed by atoms with Crippen LogP contribution in [0.2, 0.25) is 5.02 Å². The summed E-state index contributed by atoms with van der Waals surface area (Å²) >= 11 is 6.05. The molecule has 2 aromatic carbocycles. The Hall–Kier alpha value is -2.06. The zero-order valence-electron chi connectivity index (χ0n) is 9.60. The van der Waals surface area contributed by atoms with Gasteiger partial charge in [-0.15, -0.1) is 0 Å². The maximum Gasteiger partial charge on any atom is 0.0413 e. The van der Waals surface area contributed by atoms with Crippen molar-refractivity contribution in [3.8, 4) is 11.1 Å². The summed E-state index contributed by atoms with van der Waals surface area (Å²) in [6.45, 7) is 0. The van der Waals surface area contributed by atoms with E-state index in [-0.39, 0.29) is 0 Å². The average Bonchev–Trinajstić information content (AvgIpc) is 2.41. The summed E-state index contributed by atoms with van der Waals surface area (Å²) < 4.78 is 0. The van der Waals surface area contributed by atoms with Crippen LogP contribution in [0.5, 0.6) is 0 Å². The van der Waals surface area contributed by atoms with Gasteiger partial charge < -0.3 is 5.73 Å². The Balaban J connectivity index is 2.35. The molecule has 0 saturated heterocycles. The summed E-state index contributed by atoms with van der Waals surface area (Å²) in [5.74, 6) is 0. The zero-order chi connectivity index (χ0) is 12.5. The molecular formula is C15H11ClN2. The van der Waals surface area contributed by atoms with E-state index in [1.165, 1.54) is 0 Å². The van der Waals surface area contributed by atoms with Gasteiger partial charge in [-0.05, 0) is 35.2 Å². The number of anilines is 1. The summed E-state index contributed by atoms with van der Waals surface area (Å²) in [5.41, 5.74) is 8.80. The molecular weight excluding hydrogens is 244 g/mol. The van der Waals surface area contributed by atoms with Crippen LogP contribution in [0.1, 0.15) is 0 Å². The van der Waals surface area contributed by atoms with Crippen molar-refractivity contribution < 1.29 is 0 Å². The molecule has 0 fully saturated rings. The molecule has 0 aliphatic carbocycles. The molecule has 88 valence electrons. The van der Waals surface area contributed by atoms with Crippen LogP contribution in [-0.4, -0.2) is 4.98 Å². The second-order valence-electron chi connectivity index (χ2n) is 4.13. The van der Waals surface area contributed by atoms with Crippen LogP contribution in [0.3, 0.4) is 0 Å². The third-order valence-electron chi connectivity index (χ3n) is 2.99. The van der Waals surface area contributed by atoms with E-state index in [1.807, 2.05) is 42.6 Å². The average molecular weight is 255 g/mol. The molecule has 2 N–H and O–H groups in total. The van der Waals surface area contributed by atoms with Gasteiger partial charge >= 0.3 is 0 Å². The Morgan fingerprint density at radius 2 is 1.89 bits per heavy atom. The summed E-state index contributed by atoms with van der Waals surface area (Å²) in [6.07, 6.45) is 3.63. The smallest absolute Gasteiger partial charge is 0.0413 e. The number of benzene rings is 2. The third kappa shape index (κ3) is 1.81. The normalized spacial score (nSPS) is 10.7. The van der Waals surface area contributed by atoms with E-state index < -0.39 is 0 Å². The molecule has 0 unspecified atom stereocenters. The number of nitrogens with two attached hydrogens (primary N) is 1. The molecule has 0 bridgehead atoms. The van der Waals surface area contributed by atoms with Crippen LogP contribution < -0.4 is 5.73 Å². The highest BCUT2D eigenvalue weighted by molar-refractivity contribution is 6.31. The molecule has 2 nitrogen and oxygen atoms in total. The first-order valence-electron chi connectivity index (χ1n) is 5.64. The molecule has 1 heterocycles. The van der Waals surface area contributed by atoms with Gasteiger partial charge in [0.15, 0.2) is 0 Å². The van der Waals surface area contributed by atoms with Crippen LogP contribution >= 0.6 is 11.6 Å². The van der Waals surface area contributed by atoms with E-state index in [0.29, 0.717) is 5.02 Å². The van der Waals surface area contributed by atoms with Gasteiger partial charge in [-0.3, -0.25) is 4.98 Å². The minimum atomic E-state index is 0.685. The molecule has 3 aromatic rings. The Morgan fingerprint density at radius 3 is 2.78 bits per heavy atom. The summed E-state index contributed by atoms with van der Waals surface area (Å²) in [4.78, 5) is 4.13. The van der Waals surface area contributed by atoms with E-state index in [9.17, 15) is 0 Å². The zero-order valence-corrected chi connectivity index (χ0v) is 10.4. The monoisotopic (exact) mass is 254 g/mol. The third-order valence-corrected chi connectivity index (χ3v) is 3.22. The van der Waals surface area contributed by atoms with Crippen LogP contribution in [0, 0.1) is 0 Å². The predicted octanol–water partition coefficient (Wildman–Crippen LogP) is 4.14. The van der Waals surface area contributed by atoms with E-state index in [0.717, 1.165) is 27.6 Å². The summed E-state index contributed by atoms with van der Waals surface area (Å²) in [5, 5.41) is 2.90. The first-order valence-corrected chi connectivity index (χ1v) is 6.01. The van der Waals surface area contributed by atoms with Gasteiger partial charge in [0.25, 0.3) is 0 Å². The molecule has 3 rings (SSSR count). The second kappa shape index (κ2) is 4.31. The van der Waals surface area contributed by atoms with Crippen molar-refractivity contribution >= 4 is 28.1 Å². The minimum Gasteiger partial charge on any atom is -0.398 e. The lowest BCUT2D eigenvalue weighted by Crippen LogP contribution is -1.90. The number of hydrogen-bond donors (Lipinski definition) is 1. The Kier molecular flexibility index (Phi) is 2.65. The highest BCUT2D eigenvalue weighted by Crippen LogP contribution is 2.33. The van der Waals surface area contributed by atoms with E-state index in [4.69, 9.17) is 17.3 Å². The lowest BCUT2D eigenvalue weighted by Gasteiger charge is -2.09. The fraction of sp³-hybridized carbons (Fsp3) is 0. The first-order chi connectivity index (χ1) is 8.75. The van der Waals surface area contributed by atoms with Crippen molar-refractivity contribution in [1.29, 1.82) is 0 Å². The number of nitrogens with zero attached hydrogens (tertiary/aromatic N) is 1. The van der Waals surface area contributed by atoms with Crippen molar-refractivity contribution in [3.63, 3.8) is 0 Å². The van der Waals surface area contributed by atoms with E-state index in [2.05, 4.69) is 4.98 Å². The Morgan fingerprint density at radius 1 is 1.00 bits per heavy atom. The Bertz CT molecular complexity index is 717. The largest absolute Gasteiger partial charge is 0.398 e. The molecule has 0 saturated carbocycles. The van der Waals surface area contributed by atoms with Gasteiger partial charge in [-0.25, -0.2) is 0 Å². The maximum atomic E-state index is 6.05. The standard InChI is InChI=1S/C15H11ClN2/c16-11-4-5-15(17)14(8-11)13-3-1-2-10-9-18-7-6-12(10)13/h1-9H,17H2. The molecule has 0 amide bonds. The fourth-order valence-electron chi connectivity index (χ4n) is 2.12. The molecule has 0 radical (unpaired) electrons. The molecule has 1 aromatic heterocycles. The topological polar surface area (TPSA) is 38.9 Å². The number of rotatable bonds is 1. The predicted molar refractivity (Wildman–Crippen MR) is 76.6 cm³/mol. The SMILES string of the molecule is Nc1ccc(Cl)cc1-c1cccc2cnccc12. The van der Waals surface area contributed by atoms with Crippen molar-refractivity contribution in [2.75, 3.05) is 5.73 Å². The van der Waals surface area contributed by atoms with E-state index >= 15 is 0 Å². The summed E-state index contributed by atoms with van der Waals surface area (Å²) in [6, 6.07) is 13.6. The highest BCUT2D eigenvalue weighted by Gasteiger charge is 2.07. The number of aromatic nitrogens is 1. The van der Waals surface area contributed by atoms with Crippen molar-refractivity contribution in [2.24, 2.45) is 0 Å². The van der Waals surface area contributed by atoms with Crippen molar-refractivity contribution in [3.05, 3.63) is 59.9 Å². The summed E-state index contributed by atoms with van der Waals surface area (Å²) in [7, 11) is 0. The molecule has 3 heteroatoms. The Labute approximate surface area is 110 Å². The van der Waals surface area contributed by atoms with E-state index in [1.54, 1.807) is 12.3 Å². The van der Waals surface area contributed by atoms with Gasteiger partial charge in [-0.1, -0.05) is 29.8 Å². The van der Waals surface area contributed by atoms with Crippen molar-refractivity contribution in [1.82, 2.24) is 4.98 Å².